The van der Waals surface area contributed by atoms with E-state index in [4.69, 9.17) is 9.47 Å². The van der Waals surface area contributed by atoms with E-state index >= 15 is 0 Å². The Bertz CT molecular complexity index is 1380. The highest BCUT2D eigenvalue weighted by Crippen LogP contribution is 2.17. The van der Waals surface area contributed by atoms with Crippen LogP contribution in [-0.4, -0.2) is 48.2 Å². The van der Waals surface area contributed by atoms with Gasteiger partial charge in [0.2, 0.25) is 11.8 Å². The van der Waals surface area contributed by atoms with Gasteiger partial charge in [-0.25, -0.2) is 0 Å². The van der Waals surface area contributed by atoms with Crippen LogP contribution in [0.3, 0.4) is 0 Å². The summed E-state index contributed by atoms with van der Waals surface area (Å²) in [6, 6.07) is 26.1. The molecule has 0 aliphatic carbocycles. The minimum atomic E-state index is -0.680. The third kappa shape index (κ3) is 14.5. The van der Waals surface area contributed by atoms with Crippen molar-refractivity contribution < 1.29 is 29.0 Å². The number of amides is 2. The minimum Gasteiger partial charge on any atom is -0.489 e. The lowest BCUT2D eigenvalue weighted by Gasteiger charge is -2.23. The Hall–Kier alpha value is -4.69. The molecule has 0 saturated heterocycles. The van der Waals surface area contributed by atoms with Crippen LogP contribution in [0.4, 0.5) is 0 Å². The number of ether oxygens (including phenoxy) is 2. The lowest BCUT2D eigenvalue weighted by molar-refractivity contribution is -0.145. The Labute approximate surface area is 278 Å². The third-order valence-corrected chi connectivity index (χ3v) is 7.65. The van der Waals surface area contributed by atoms with Crippen molar-refractivity contribution >= 4 is 17.8 Å². The average molecular weight is 641 g/mol. The smallest absolute Gasteiger partial charge is 0.305 e. The van der Waals surface area contributed by atoms with Crippen molar-refractivity contribution in [2.75, 3.05) is 13.2 Å². The van der Waals surface area contributed by atoms with Crippen molar-refractivity contribution in [3.63, 3.8) is 0 Å². The quantitative estimate of drug-likeness (QED) is 0.0718. The summed E-state index contributed by atoms with van der Waals surface area (Å²) in [6.45, 7) is 7.70. The molecule has 8 nitrogen and oxygen atoms in total. The van der Waals surface area contributed by atoms with E-state index < -0.39 is 18.0 Å². The van der Waals surface area contributed by atoms with Gasteiger partial charge in [0.25, 0.3) is 0 Å². The molecule has 3 atom stereocenters. The van der Waals surface area contributed by atoms with Crippen molar-refractivity contribution in [3.8, 4) is 5.75 Å². The van der Waals surface area contributed by atoms with Crippen LogP contribution >= 0.6 is 0 Å². The fourth-order valence-electron chi connectivity index (χ4n) is 5.10. The molecule has 3 rings (SSSR count). The zero-order valence-electron chi connectivity index (χ0n) is 27.2. The summed E-state index contributed by atoms with van der Waals surface area (Å²) in [7, 11) is 0. The zero-order chi connectivity index (χ0) is 33.7. The highest BCUT2D eigenvalue weighted by atomic mass is 16.5. The molecular formula is C39H48N2O6. The van der Waals surface area contributed by atoms with Crippen LogP contribution in [0.25, 0.3) is 0 Å². The molecule has 0 fully saturated rings. The number of carbonyl (C=O) groups is 3. The average Bonchev–Trinajstić information content (AvgIpc) is 3.09. The first kappa shape index (κ1) is 36.8. The molecule has 47 heavy (non-hydrogen) atoms. The van der Waals surface area contributed by atoms with Gasteiger partial charge in [0.15, 0.2) is 0 Å². The normalized spacial score (nSPS) is 12.6. The van der Waals surface area contributed by atoms with Gasteiger partial charge in [-0.3, -0.25) is 14.4 Å². The fourth-order valence-corrected chi connectivity index (χ4v) is 5.10. The summed E-state index contributed by atoms with van der Waals surface area (Å²) in [6.07, 6.45) is 7.23. The molecule has 0 heterocycles. The summed E-state index contributed by atoms with van der Waals surface area (Å²) in [5.74, 6) is -0.938. The van der Waals surface area contributed by atoms with Crippen LogP contribution in [0.15, 0.2) is 110 Å². The Morgan fingerprint density at radius 1 is 0.766 bits per heavy atom. The van der Waals surface area contributed by atoms with Gasteiger partial charge in [0, 0.05) is 12.8 Å². The Balaban J connectivity index is 1.54. The van der Waals surface area contributed by atoms with Crippen molar-refractivity contribution in [1.29, 1.82) is 0 Å². The molecule has 8 heteroatoms. The second-order valence-corrected chi connectivity index (χ2v) is 11.6. The topological polar surface area (TPSA) is 114 Å². The van der Waals surface area contributed by atoms with Gasteiger partial charge in [0.05, 0.1) is 24.6 Å². The standard InChI is InChI=1S/C39H48N2O6/c1-3-5-6-13-19-38(44)47-29-35(25-30-15-9-7-10-16-30)41-39(45)33(14-4-2)26-37(43)40-34(27-42)24-31-20-22-36(23-21-31)46-28-32-17-11-8-12-18-32/h3-4,7-12,15-18,20-23,33-35,42H,1-2,5-6,13-14,19,24-29H2,(H,40,43)(H,41,45). The number of esters is 1. The van der Waals surface area contributed by atoms with Crippen LogP contribution in [0, 0.1) is 5.92 Å². The summed E-state index contributed by atoms with van der Waals surface area (Å²) in [4.78, 5) is 38.8. The molecule has 0 aliphatic rings. The number of rotatable bonds is 22. The minimum absolute atomic E-state index is 0.0244. The molecule has 0 spiro atoms. The largest absolute Gasteiger partial charge is 0.489 e. The van der Waals surface area contributed by atoms with Crippen molar-refractivity contribution in [1.82, 2.24) is 10.6 Å². The number of aliphatic hydroxyl groups is 1. The molecular weight excluding hydrogens is 592 g/mol. The van der Waals surface area contributed by atoms with E-state index in [1.165, 1.54) is 0 Å². The molecule has 250 valence electrons. The van der Waals surface area contributed by atoms with E-state index in [0.29, 0.717) is 32.3 Å². The molecule has 0 aliphatic heterocycles. The first-order valence-corrected chi connectivity index (χ1v) is 16.3. The molecule has 3 aromatic rings. The predicted octanol–water partition coefficient (Wildman–Crippen LogP) is 5.88. The summed E-state index contributed by atoms with van der Waals surface area (Å²) >= 11 is 0. The lowest BCUT2D eigenvalue weighted by Crippen LogP contribution is -2.45. The summed E-state index contributed by atoms with van der Waals surface area (Å²) in [5, 5.41) is 15.9. The monoisotopic (exact) mass is 640 g/mol. The van der Waals surface area contributed by atoms with Gasteiger partial charge in [-0.15, -0.1) is 13.2 Å². The number of nitrogens with one attached hydrogen (secondary N) is 2. The fraction of sp³-hybridized carbons (Fsp3) is 0.359. The van der Waals surface area contributed by atoms with Crippen molar-refractivity contribution in [3.05, 3.63) is 127 Å². The molecule has 3 aromatic carbocycles. The van der Waals surface area contributed by atoms with Crippen LogP contribution in [0.5, 0.6) is 5.75 Å². The van der Waals surface area contributed by atoms with Crippen LogP contribution in [0.2, 0.25) is 0 Å². The first-order valence-electron chi connectivity index (χ1n) is 16.3. The van der Waals surface area contributed by atoms with Crippen LogP contribution in [-0.2, 0) is 38.6 Å². The highest BCUT2D eigenvalue weighted by Gasteiger charge is 2.25. The maximum Gasteiger partial charge on any atom is 0.305 e. The molecule has 0 radical (unpaired) electrons. The van der Waals surface area contributed by atoms with E-state index in [0.717, 1.165) is 35.3 Å². The number of hydrogen-bond acceptors (Lipinski definition) is 6. The summed E-state index contributed by atoms with van der Waals surface area (Å²) in [5.41, 5.74) is 2.99. The van der Waals surface area contributed by atoms with E-state index in [9.17, 15) is 19.5 Å². The number of carbonyl (C=O) groups excluding carboxylic acids is 3. The number of hydrogen-bond donors (Lipinski definition) is 3. The van der Waals surface area contributed by atoms with E-state index in [2.05, 4.69) is 23.8 Å². The zero-order valence-corrected chi connectivity index (χ0v) is 27.2. The number of aliphatic hydroxyl groups excluding tert-OH is 1. The van der Waals surface area contributed by atoms with Crippen LogP contribution < -0.4 is 15.4 Å². The van der Waals surface area contributed by atoms with Gasteiger partial charge in [-0.05, 0) is 67.3 Å². The second-order valence-electron chi connectivity index (χ2n) is 11.6. The van der Waals surface area contributed by atoms with Gasteiger partial charge in [-0.2, -0.15) is 0 Å². The van der Waals surface area contributed by atoms with Gasteiger partial charge in [0.1, 0.15) is 19.0 Å². The van der Waals surface area contributed by atoms with E-state index in [1.807, 2.05) is 91.0 Å². The summed E-state index contributed by atoms with van der Waals surface area (Å²) < 4.78 is 11.4. The first-order chi connectivity index (χ1) is 22.9. The van der Waals surface area contributed by atoms with Gasteiger partial charge in [-0.1, -0.05) is 84.9 Å². The number of unbranched alkanes of at least 4 members (excludes halogenated alkanes) is 2. The van der Waals surface area contributed by atoms with Crippen molar-refractivity contribution in [2.24, 2.45) is 5.92 Å². The Morgan fingerprint density at radius 3 is 2.04 bits per heavy atom. The van der Waals surface area contributed by atoms with E-state index in [-0.39, 0.29) is 43.8 Å². The van der Waals surface area contributed by atoms with Gasteiger partial charge >= 0.3 is 5.97 Å². The van der Waals surface area contributed by atoms with Crippen LogP contribution in [0.1, 0.15) is 55.2 Å². The SMILES string of the molecule is C=CCCCCC(=O)OCC(Cc1ccccc1)NC(=O)C(CC=C)CC(=O)NC(CO)Cc1ccc(OCc2ccccc2)cc1. The number of allylic oxidation sites excluding steroid dienone is 2. The maximum absolute atomic E-state index is 13.4. The second kappa shape index (κ2) is 21.2. The molecule has 3 unspecified atom stereocenters. The number of benzene rings is 3. The van der Waals surface area contributed by atoms with Crippen molar-refractivity contribution in [2.45, 2.75) is 70.1 Å². The van der Waals surface area contributed by atoms with E-state index in [1.54, 1.807) is 6.08 Å². The maximum atomic E-state index is 13.4. The molecule has 3 N–H and O–H groups in total. The lowest BCUT2D eigenvalue weighted by atomic mass is 9.98. The molecule has 0 saturated carbocycles. The Morgan fingerprint density at radius 2 is 1.40 bits per heavy atom. The predicted molar refractivity (Wildman–Crippen MR) is 185 cm³/mol. The third-order valence-electron chi connectivity index (χ3n) is 7.65. The molecule has 0 aromatic heterocycles. The molecule has 2 amide bonds. The highest BCUT2D eigenvalue weighted by molar-refractivity contribution is 5.86. The Kier molecular flexibility index (Phi) is 16.6. The van der Waals surface area contributed by atoms with Gasteiger partial charge < -0.3 is 25.2 Å². The molecule has 0 bridgehead atoms.